The quantitative estimate of drug-likeness (QED) is 0.351. The summed E-state index contributed by atoms with van der Waals surface area (Å²) in [4.78, 5) is 38.7. The summed E-state index contributed by atoms with van der Waals surface area (Å²) >= 11 is 3.01. The smallest absolute Gasteiger partial charge is 0.261 e. The van der Waals surface area contributed by atoms with Crippen LogP contribution in [0.2, 0.25) is 0 Å². The van der Waals surface area contributed by atoms with E-state index < -0.39 is 0 Å². The second-order valence-electron chi connectivity index (χ2n) is 7.40. The van der Waals surface area contributed by atoms with E-state index in [1.807, 2.05) is 41.3 Å². The highest BCUT2D eigenvalue weighted by Crippen LogP contribution is 2.29. The minimum atomic E-state index is -0.0926. The highest BCUT2D eigenvalue weighted by Gasteiger charge is 2.23. The first-order valence-corrected chi connectivity index (χ1v) is 11.9. The number of thioether (sulfide) groups is 1. The summed E-state index contributed by atoms with van der Waals surface area (Å²) in [5.74, 6) is 0.330. The number of amides is 1. The Morgan fingerprint density at radius 3 is 2.48 bits per heavy atom. The van der Waals surface area contributed by atoms with E-state index >= 15 is 0 Å². The number of piperazine rings is 1. The van der Waals surface area contributed by atoms with E-state index in [0.29, 0.717) is 29.1 Å². The molecular formula is C22H21N5O2S2. The standard InChI is InChI=1S/C22H21N5O2S2/c1-25-20(29)15-6-2-3-7-16(15)23-21(25)30-14-19(28)26-10-12-27(13-11-26)22-24-17-8-4-5-9-18(17)31-22/h2-9H,10-14H2,1H3. The van der Waals surface area contributed by atoms with Crippen LogP contribution in [0, 0.1) is 0 Å². The van der Waals surface area contributed by atoms with Crippen LogP contribution in [0.25, 0.3) is 21.1 Å². The molecule has 1 saturated heterocycles. The Labute approximate surface area is 187 Å². The molecule has 0 aliphatic carbocycles. The number of hydrogen-bond acceptors (Lipinski definition) is 7. The number of benzene rings is 2. The van der Waals surface area contributed by atoms with Crippen LogP contribution in [0.5, 0.6) is 0 Å². The molecule has 1 aliphatic rings. The van der Waals surface area contributed by atoms with Gasteiger partial charge >= 0.3 is 0 Å². The number of hydrogen-bond donors (Lipinski definition) is 0. The lowest BCUT2D eigenvalue weighted by atomic mass is 10.2. The van der Waals surface area contributed by atoms with Crippen LogP contribution in [0.1, 0.15) is 0 Å². The van der Waals surface area contributed by atoms with Crippen molar-refractivity contribution in [3.8, 4) is 0 Å². The predicted octanol–water partition coefficient (Wildman–Crippen LogP) is 2.98. The fraction of sp³-hybridized carbons (Fsp3) is 0.273. The summed E-state index contributed by atoms with van der Waals surface area (Å²) in [6.07, 6.45) is 0. The number of aromatic nitrogens is 3. The van der Waals surface area contributed by atoms with Crippen LogP contribution >= 0.6 is 23.1 Å². The van der Waals surface area contributed by atoms with E-state index in [9.17, 15) is 9.59 Å². The first-order chi connectivity index (χ1) is 15.1. The van der Waals surface area contributed by atoms with Crippen molar-refractivity contribution in [3.63, 3.8) is 0 Å². The Balaban J connectivity index is 1.22. The van der Waals surface area contributed by atoms with Gasteiger partial charge in [-0.1, -0.05) is 47.4 Å². The molecule has 5 rings (SSSR count). The van der Waals surface area contributed by atoms with Gasteiger partial charge in [0.15, 0.2) is 10.3 Å². The van der Waals surface area contributed by atoms with E-state index in [2.05, 4.69) is 16.0 Å². The summed E-state index contributed by atoms with van der Waals surface area (Å²) < 4.78 is 2.70. The van der Waals surface area contributed by atoms with Gasteiger partial charge in [-0.25, -0.2) is 9.97 Å². The number of thiazole rings is 1. The van der Waals surface area contributed by atoms with E-state index in [0.717, 1.165) is 23.7 Å². The number of nitrogens with zero attached hydrogens (tertiary/aromatic N) is 5. The average Bonchev–Trinajstić information content (AvgIpc) is 3.25. The lowest BCUT2D eigenvalue weighted by Crippen LogP contribution is -2.49. The van der Waals surface area contributed by atoms with E-state index in [1.54, 1.807) is 24.5 Å². The molecule has 0 spiro atoms. The number of anilines is 1. The van der Waals surface area contributed by atoms with Crippen molar-refractivity contribution in [1.82, 2.24) is 19.4 Å². The van der Waals surface area contributed by atoms with Crippen molar-refractivity contribution in [1.29, 1.82) is 0 Å². The summed E-state index contributed by atoms with van der Waals surface area (Å²) in [5.41, 5.74) is 1.58. The third-order valence-electron chi connectivity index (χ3n) is 5.45. The molecule has 1 fully saturated rings. The van der Waals surface area contributed by atoms with Crippen molar-refractivity contribution < 1.29 is 4.79 Å². The van der Waals surface area contributed by atoms with Crippen molar-refractivity contribution in [2.45, 2.75) is 5.16 Å². The normalized spacial score (nSPS) is 14.5. The summed E-state index contributed by atoms with van der Waals surface area (Å²) in [6.45, 7) is 2.87. The molecule has 31 heavy (non-hydrogen) atoms. The lowest BCUT2D eigenvalue weighted by molar-refractivity contribution is -0.128. The first kappa shape index (κ1) is 20.0. The van der Waals surface area contributed by atoms with E-state index in [4.69, 9.17) is 4.98 Å². The fourth-order valence-electron chi connectivity index (χ4n) is 3.69. The molecule has 0 atom stereocenters. The molecule has 158 valence electrons. The zero-order valence-corrected chi connectivity index (χ0v) is 18.7. The Hall–Kier alpha value is -2.91. The van der Waals surface area contributed by atoms with Gasteiger partial charge in [-0.3, -0.25) is 14.2 Å². The van der Waals surface area contributed by atoms with E-state index in [1.165, 1.54) is 21.0 Å². The van der Waals surface area contributed by atoms with Crippen molar-refractivity contribution in [2.75, 3.05) is 36.8 Å². The van der Waals surface area contributed by atoms with Crippen LogP contribution in [-0.4, -0.2) is 57.3 Å². The van der Waals surface area contributed by atoms with Crippen LogP contribution in [0.3, 0.4) is 0 Å². The minimum absolute atomic E-state index is 0.0661. The van der Waals surface area contributed by atoms with E-state index in [-0.39, 0.29) is 17.2 Å². The molecule has 1 amide bonds. The highest BCUT2D eigenvalue weighted by atomic mass is 32.2. The Morgan fingerprint density at radius 2 is 1.71 bits per heavy atom. The summed E-state index contributed by atoms with van der Waals surface area (Å²) in [6, 6.07) is 15.4. The number of rotatable bonds is 4. The summed E-state index contributed by atoms with van der Waals surface area (Å²) in [5, 5.41) is 2.16. The molecular weight excluding hydrogens is 430 g/mol. The second-order valence-corrected chi connectivity index (χ2v) is 9.35. The minimum Gasteiger partial charge on any atom is -0.345 e. The zero-order chi connectivity index (χ0) is 21.4. The molecule has 0 N–H and O–H groups in total. The largest absolute Gasteiger partial charge is 0.345 e. The molecule has 7 nitrogen and oxygen atoms in total. The van der Waals surface area contributed by atoms with Gasteiger partial charge in [0.25, 0.3) is 5.56 Å². The van der Waals surface area contributed by atoms with Gasteiger partial charge in [-0.05, 0) is 24.3 Å². The van der Waals surface area contributed by atoms with Crippen LogP contribution in [0.4, 0.5) is 5.13 Å². The molecule has 9 heteroatoms. The summed E-state index contributed by atoms with van der Waals surface area (Å²) in [7, 11) is 1.70. The van der Waals surface area contributed by atoms with Gasteiger partial charge in [-0.15, -0.1) is 0 Å². The second kappa shape index (κ2) is 8.32. The maximum absolute atomic E-state index is 12.8. The average molecular weight is 452 g/mol. The Kier molecular flexibility index (Phi) is 5.37. The number of carbonyl (C=O) groups is 1. The van der Waals surface area contributed by atoms with Crippen LogP contribution in [0.15, 0.2) is 58.5 Å². The monoisotopic (exact) mass is 451 g/mol. The Morgan fingerprint density at radius 1 is 1.00 bits per heavy atom. The van der Waals surface area contributed by atoms with Crippen LogP contribution in [-0.2, 0) is 11.8 Å². The van der Waals surface area contributed by atoms with Crippen LogP contribution < -0.4 is 10.5 Å². The zero-order valence-electron chi connectivity index (χ0n) is 17.0. The third kappa shape index (κ3) is 3.90. The molecule has 2 aromatic carbocycles. The first-order valence-electron chi connectivity index (χ1n) is 10.1. The molecule has 0 unspecified atom stereocenters. The lowest BCUT2D eigenvalue weighted by Gasteiger charge is -2.34. The molecule has 0 radical (unpaired) electrons. The van der Waals surface area contributed by atoms with Gasteiger partial charge in [0, 0.05) is 33.2 Å². The number of fused-ring (bicyclic) bond motifs is 2. The molecule has 4 aromatic rings. The molecule has 1 aliphatic heterocycles. The molecule has 2 aromatic heterocycles. The SMILES string of the molecule is Cn1c(SCC(=O)N2CCN(c3nc4ccccc4s3)CC2)nc2ccccc2c1=O. The number of para-hydroxylation sites is 2. The van der Waals surface area contributed by atoms with Crippen molar-refractivity contribution >= 4 is 55.3 Å². The van der Waals surface area contributed by atoms with Gasteiger partial charge < -0.3 is 9.80 Å². The van der Waals surface area contributed by atoms with Gasteiger partial charge in [0.2, 0.25) is 5.91 Å². The predicted molar refractivity (Wildman–Crippen MR) is 126 cm³/mol. The van der Waals surface area contributed by atoms with Crippen molar-refractivity contribution in [3.05, 3.63) is 58.9 Å². The van der Waals surface area contributed by atoms with Crippen molar-refractivity contribution in [2.24, 2.45) is 7.05 Å². The third-order valence-corrected chi connectivity index (χ3v) is 7.56. The topological polar surface area (TPSA) is 71.3 Å². The fourth-order valence-corrected chi connectivity index (χ4v) is 5.58. The maximum Gasteiger partial charge on any atom is 0.261 e. The highest BCUT2D eigenvalue weighted by molar-refractivity contribution is 7.99. The molecule has 3 heterocycles. The Bertz CT molecular complexity index is 1290. The maximum atomic E-state index is 12.8. The van der Waals surface area contributed by atoms with Gasteiger partial charge in [0.05, 0.1) is 26.9 Å². The number of carbonyl (C=O) groups excluding carboxylic acids is 1. The molecule has 0 saturated carbocycles. The van der Waals surface area contributed by atoms with Gasteiger partial charge in [-0.2, -0.15) is 0 Å². The molecule has 0 bridgehead atoms. The van der Waals surface area contributed by atoms with Gasteiger partial charge in [0.1, 0.15) is 0 Å².